The second-order valence-electron chi connectivity index (χ2n) is 3.43. The largest absolute Gasteiger partial charge is 0.493 e. The van der Waals surface area contributed by atoms with Crippen LogP contribution in [-0.2, 0) is 0 Å². The van der Waals surface area contributed by atoms with Crippen LogP contribution in [0.15, 0.2) is 23.2 Å². The quantitative estimate of drug-likeness (QED) is 0.835. The molecule has 2 rings (SSSR count). The monoisotopic (exact) mass is 220 g/mol. The first-order valence-electron chi connectivity index (χ1n) is 5.45. The molecule has 1 aromatic rings. The SMILES string of the molecule is CCOc1c(OC)cccc1C1=NCCN1. The third-order valence-electron chi connectivity index (χ3n) is 2.42. The van der Waals surface area contributed by atoms with Crippen molar-refractivity contribution in [2.75, 3.05) is 26.8 Å². The predicted molar refractivity (Wildman–Crippen MR) is 63.6 cm³/mol. The average Bonchev–Trinajstić information content (AvgIpc) is 2.83. The number of rotatable bonds is 4. The minimum atomic E-state index is 0.612. The van der Waals surface area contributed by atoms with Crippen LogP contribution in [0.1, 0.15) is 12.5 Å². The lowest BCUT2D eigenvalue weighted by Crippen LogP contribution is -2.20. The van der Waals surface area contributed by atoms with Gasteiger partial charge in [0, 0.05) is 6.54 Å². The Labute approximate surface area is 95.3 Å². The van der Waals surface area contributed by atoms with Gasteiger partial charge in [0.2, 0.25) is 0 Å². The Morgan fingerprint density at radius 1 is 1.44 bits per heavy atom. The second kappa shape index (κ2) is 4.88. The van der Waals surface area contributed by atoms with Gasteiger partial charge < -0.3 is 14.8 Å². The first-order chi connectivity index (χ1) is 7.86. The molecule has 1 aliphatic heterocycles. The number of benzene rings is 1. The van der Waals surface area contributed by atoms with Gasteiger partial charge in [0.25, 0.3) is 0 Å². The van der Waals surface area contributed by atoms with E-state index >= 15 is 0 Å². The zero-order chi connectivity index (χ0) is 11.4. The van der Waals surface area contributed by atoms with Gasteiger partial charge in [-0.1, -0.05) is 6.07 Å². The third-order valence-corrected chi connectivity index (χ3v) is 2.42. The highest BCUT2D eigenvalue weighted by atomic mass is 16.5. The topological polar surface area (TPSA) is 42.9 Å². The first-order valence-corrected chi connectivity index (χ1v) is 5.45. The highest BCUT2D eigenvalue weighted by molar-refractivity contribution is 6.02. The Morgan fingerprint density at radius 3 is 2.94 bits per heavy atom. The van der Waals surface area contributed by atoms with Crippen molar-refractivity contribution in [2.24, 2.45) is 4.99 Å². The van der Waals surface area contributed by atoms with Crippen LogP contribution < -0.4 is 14.8 Å². The number of hydrogen-bond acceptors (Lipinski definition) is 4. The van der Waals surface area contributed by atoms with Gasteiger partial charge in [0.15, 0.2) is 11.5 Å². The summed E-state index contributed by atoms with van der Waals surface area (Å²) in [4.78, 5) is 4.39. The molecular weight excluding hydrogens is 204 g/mol. The van der Waals surface area contributed by atoms with E-state index in [0.717, 1.165) is 36.0 Å². The summed E-state index contributed by atoms with van der Waals surface area (Å²) in [6.07, 6.45) is 0. The van der Waals surface area contributed by atoms with E-state index in [1.807, 2.05) is 25.1 Å². The maximum Gasteiger partial charge on any atom is 0.172 e. The fourth-order valence-electron chi connectivity index (χ4n) is 1.73. The van der Waals surface area contributed by atoms with Crippen molar-refractivity contribution in [3.8, 4) is 11.5 Å². The van der Waals surface area contributed by atoms with E-state index in [9.17, 15) is 0 Å². The molecule has 0 unspecified atom stereocenters. The van der Waals surface area contributed by atoms with Crippen molar-refractivity contribution >= 4 is 5.84 Å². The van der Waals surface area contributed by atoms with Gasteiger partial charge in [-0.2, -0.15) is 0 Å². The number of aliphatic imine (C=N–C) groups is 1. The van der Waals surface area contributed by atoms with Crippen LogP contribution in [0.5, 0.6) is 11.5 Å². The molecule has 0 fully saturated rings. The molecule has 16 heavy (non-hydrogen) atoms. The number of nitrogens with one attached hydrogen (secondary N) is 1. The highest BCUT2D eigenvalue weighted by Gasteiger charge is 2.16. The molecule has 0 aliphatic carbocycles. The summed E-state index contributed by atoms with van der Waals surface area (Å²) in [5.41, 5.74) is 0.971. The number of ether oxygens (including phenoxy) is 2. The van der Waals surface area contributed by atoms with Gasteiger partial charge in [0.1, 0.15) is 5.84 Å². The van der Waals surface area contributed by atoms with Gasteiger partial charge in [0.05, 0.1) is 25.8 Å². The molecule has 86 valence electrons. The van der Waals surface area contributed by atoms with Crippen molar-refractivity contribution in [1.29, 1.82) is 0 Å². The second-order valence-corrected chi connectivity index (χ2v) is 3.43. The number of hydrogen-bond donors (Lipinski definition) is 1. The summed E-state index contributed by atoms with van der Waals surface area (Å²) in [6, 6.07) is 5.83. The van der Waals surface area contributed by atoms with E-state index in [1.165, 1.54) is 0 Å². The van der Waals surface area contributed by atoms with Gasteiger partial charge in [-0.3, -0.25) is 4.99 Å². The Morgan fingerprint density at radius 2 is 2.31 bits per heavy atom. The van der Waals surface area contributed by atoms with Crippen LogP contribution in [0.2, 0.25) is 0 Å². The van der Waals surface area contributed by atoms with Crippen molar-refractivity contribution in [1.82, 2.24) is 5.32 Å². The van der Waals surface area contributed by atoms with Gasteiger partial charge in [-0.05, 0) is 19.1 Å². The van der Waals surface area contributed by atoms with E-state index < -0.39 is 0 Å². The lowest BCUT2D eigenvalue weighted by molar-refractivity contribution is 0.310. The van der Waals surface area contributed by atoms with E-state index in [4.69, 9.17) is 9.47 Å². The number of nitrogens with zero attached hydrogens (tertiary/aromatic N) is 1. The Hall–Kier alpha value is -1.71. The van der Waals surface area contributed by atoms with Gasteiger partial charge >= 0.3 is 0 Å². The summed E-state index contributed by atoms with van der Waals surface area (Å²) < 4.78 is 10.9. The number of amidine groups is 1. The van der Waals surface area contributed by atoms with Crippen LogP contribution in [0.3, 0.4) is 0 Å². The van der Waals surface area contributed by atoms with E-state index in [1.54, 1.807) is 7.11 Å². The van der Waals surface area contributed by atoms with Gasteiger partial charge in [-0.25, -0.2) is 0 Å². The highest BCUT2D eigenvalue weighted by Crippen LogP contribution is 2.31. The summed E-state index contributed by atoms with van der Waals surface area (Å²) in [5, 5.41) is 3.24. The van der Waals surface area contributed by atoms with Crippen molar-refractivity contribution < 1.29 is 9.47 Å². The van der Waals surface area contributed by atoms with Crippen molar-refractivity contribution in [2.45, 2.75) is 6.92 Å². The Kier molecular flexibility index (Phi) is 3.29. The molecule has 0 bridgehead atoms. The predicted octanol–water partition coefficient (Wildman–Crippen LogP) is 1.44. The molecule has 4 heteroatoms. The van der Waals surface area contributed by atoms with Crippen molar-refractivity contribution in [3.05, 3.63) is 23.8 Å². The maximum atomic E-state index is 5.63. The van der Waals surface area contributed by atoms with Gasteiger partial charge in [-0.15, -0.1) is 0 Å². The standard InChI is InChI=1S/C12H16N2O2/c1-3-16-11-9(12-13-7-8-14-12)5-4-6-10(11)15-2/h4-6H,3,7-8H2,1-2H3,(H,13,14). The molecule has 0 amide bonds. The Balaban J connectivity index is 2.42. The first kappa shape index (κ1) is 10.8. The molecule has 0 spiro atoms. The van der Waals surface area contributed by atoms with E-state index in [-0.39, 0.29) is 0 Å². The van der Waals surface area contributed by atoms with Crippen LogP contribution in [0.4, 0.5) is 0 Å². The molecule has 0 saturated carbocycles. The third kappa shape index (κ3) is 1.96. The van der Waals surface area contributed by atoms with Crippen LogP contribution in [0, 0.1) is 0 Å². The van der Waals surface area contributed by atoms with Crippen LogP contribution in [-0.4, -0.2) is 32.6 Å². The summed E-state index contributed by atoms with van der Waals surface area (Å²) in [6.45, 7) is 4.27. The summed E-state index contributed by atoms with van der Waals surface area (Å²) in [5.74, 6) is 2.40. The molecule has 1 heterocycles. The smallest absolute Gasteiger partial charge is 0.172 e. The molecule has 1 aliphatic rings. The van der Waals surface area contributed by atoms with Crippen LogP contribution >= 0.6 is 0 Å². The Bertz CT molecular complexity index is 402. The fraction of sp³-hybridized carbons (Fsp3) is 0.417. The fourth-order valence-corrected chi connectivity index (χ4v) is 1.73. The normalized spacial score (nSPS) is 14.2. The lowest BCUT2D eigenvalue weighted by Gasteiger charge is -2.14. The number of methoxy groups -OCH3 is 1. The molecule has 0 atom stereocenters. The average molecular weight is 220 g/mol. The molecular formula is C12H16N2O2. The van der Waals surface area contributed by atoms with Crippen LogP contribution in [0.25, 0.3) is 0 Å². The zero-order valence-electron chi connectivity index (χ0n) is 9.62. The maximum absolute atomic E-state index is 5.63. The van der Waals surface area contributed by atoms with E-state index in [2.05, 4.69) is 10.3 Å². The lowest BCUT2D eigenvalue weighted by atomic mass is 10.1. The minimum Gasteiger partial charge on any atom is -0.493 e. The zero-order valence-corrected chi connectivity index (χ0v) is 9.62. The molecule has 4 nitrogen and oxygen atoms in total. The summed E-state index contributed by atoms with van der Waals surface area (Å²) >= 11 is 0. The van der Waals surface area contributed by atoms with E-state index in [0.29, 0.717) is 6.61 Å². The molecule has 1 aromatic carbocycles. The molecule has 0 saturated heterocycles. The minimum absolute atomic E-state index is 0.612. The summed E-state index contributed by atoms with van der Waals surface area (Å²) in [7, 11) is 1.64. The molecule has 1 N–H and O–H groups in total. The number of para-hydroxylation sites is 1. The molecule has 0 radical (unpaired) electrons. The van der Waals surface area contributed by atoms with Crippen molar-refractivity contribution in [3.63, 3.8) is 0 Å². The molecule has 0 aromatic heterocycles.